The van der Waals surface area contributed by atoms with Crippen molar-refractivity contribution in [1.82, 2.24) is 15.2 Å². The summed E-state index contributed by atoms with van der Waals surface area (Å²) in [6.45, 7) is 1.68. The number of carbonyl (C=O) groups is 2. The predicted molar refractivity (Wildman–Crippen MR) is 96.9 cm³/mol. The second kappa shape index (κ2) is 7.98. The molecule has 1 aliphatic heterocycles. The molecule has 0 bridgehead atoms. The van der Waals surface area contributed by atoms with E-state index in [-0.39, 0.29) is 11.9 Å². The smallest absolute Gasteiger partial charge is 0.404 e. The molecule has 1 aromatic carbocycles. The molecule has 1 saturated heterocycles. The van der Waals surface area contributed by atoms with E-state index in [0.717, 1.165) is 23.3 Å². The summed E-state index contributed by atoms with van der Waals surface area (Å²) in [4.78, 5) is 29.9. The molecule has 7 nitrogen and oxygen atoms in total. The molecule has 25 heavy (non-hydrogen) atoms. The molecule has 3 amide bonds. The van der Waals surface area contributed by atoms with Gasteiger partial charge in [0.05, 0.1) is 4.88 Å². The van der Waals surface area contributed by atoms with E-state index in [9.17, 15) is 9.59 Å². The molecule has 132 valence electrons. The Labute approximate surface area is 149 Å². The molecule has 2 heterocycles. The lowest BCUT2D eigenvalue weighted by atomic mass is 9.97. The maximum absolute atomic E-state index is 12.4. The van der Waals surface area contributed by atoms with Gasteiger partial charge in [0.25, 0.3) is 0 Å². The van der Waals surface area contributed by atoms with Gasteiger partial charge in [-0.15, -0.1) is 0 Å². The second-order valence-corrected chi connectivity index (χ2v) is 6.97. The molecule has 8 heteroatoms. The summed E-state index contributed by atoms with van der Waals surface area (Å²) < 4.78 is 0. The third-order valence-electron chi connectivity index (χ3n) is 4.22. The Balaban J connectivity index is 1.50. The van der Waals surface area contributed by atoms with Gasteiger partial charge < -0.3 is 15.3 Å². The maximum atomic E-state index is 12.4. The van der Waals surface area contributed by atoms with E-state index < -0.39 is 6.09 Å². The fourth-order valence-electron chi connectivity index (χ4n) is 2.81. The Morgan fingerprint density at radius 1 is 1.24 bits per heavy atom. The number of anilines is 1. The zero-order valence-electron chi connectivity index (χ0n) is 13.6. The van der Waals surface area contributed by atoms with E-state index in [0.29, 0.717) is 24.8 Å². The highest BCUT2D eigenvalue weighted by Crippen LogP contribution is 2.29. The fraction of sp³-hybridized carbons (Fsp3) is 0.353. The molecule has 0 atom stereocenters. The number of hydrogen-bond acceptors (Lipinski definition) is 4. The molecule has 0 unspecified atom stereocenters. The van der Waals surface area contributed by atoms with Gasteiger partial charge in [-0.3, -0.25) is 5.32 Å². The van der Waals surface area contributed by atoms with Crippen molar-refractivity contribution in [2.24, 2.45) is 5.92 Å². The van der Waals surface area contributed by atoms with Crippen LogP contribution >= 0.6 is 11.3 Å². The average Bonchev–Trinajstić information content (AvgIpc) is 3.09. The van der Waals surface area contributed by atoms with Gasteiger partial charge in [0.1, 0.15) is 0 Å². The van der Waals surface area contributed by atoms with Gasteiger partial charge in [0.2, 0.25) is 0 Å². The highest BCUT2D eigenvalue weighted by Gasteiger charge is 2.23. The number of rotatable bonds is 4. The summed E-state index contributed by atoms with van der Waals surface area (Å²) in [6, 6.07) is 9.76. The number of nitrogens with one attached hydrogen (secondary N) is 2. The lowest BCUT2D eigenvalue weighted by Crippen LogP contribution is -2.43. The molecule has 1 fully saturated rings. The standard InChI is InChI=1S/C17H20N4O3S/c22-16(21-8-6-12(7-9-21)10-19-17(23)24)20-15-18-11-14(25-15)13-4-2-1-3-5-13/h1-5,11-12,19H,6-10H2,(H,23,24)(H,18,20,22). The van der Waals surface area contributed by atoms with Gasteiger partial charge in [-0.1, -0.05) is 41.7 Å². The molecule has 3 N–H and O–H groups in total. The summed E-state index contributed by atoms with van der Waals surface area (Å²) in [6.07, 6.45) is 2.35. The Kier molecular flexibility index (Phi) is 5.49. The van der Waals surface area contributed by atoms with Gasteiger partial charge in [-0.05, 0) is 24.3 Å². The minimum absolute atomic E-state index is 0.154. The number of carboxylic acid groups (broad SMARTS) is 1. The lowest BCUT2D eigenvalue weighted by Gasteiger charge is -2.31. The van der Waals surface area contributed by atoms with Crippen LogP contribution < -0.4 is 10.6 Å². The summed E-state index contributed by atoms with van der Waals surface area (Å²) in [5, 5.41) is 14.5. The zero-order chi connectivity index (χ0) is 17.6. The average molecular weight is 360 g/mol. The van der Waals surface area contributed by atoms with Crippen LogP contribution in [0.2, 0.25) is 0 Å². The number of piperidine rings is 1. The number of amides is 3. The number of aromatic nitrogens is 1. The van der Waals surface area contributed by atoms with E-state index in [2.05, 4.69) is 15.6 Å². The number of likely N-dealkylation sites (tertiary alicyclic amines) is 1. The number of carbonyl (C=O) groups excluding carboxylic acids is 1. The number of nitrogens with zero attached hydrogens (tertiary/aromatic N) is 2. The van der Waals surface area contributed by atoms with Gasteiger partial charge in [-0.2, -0.15) is 0 Å². The zero-order valence-corrected chi connectivity index (χ0v) is 14.5. The number of hydrogen-bond donors (Lipinski definition) is 3. The quantitative estimate of drug-likeness (QED) is 0.779. The SMILES string of the molecule is O=C(O)NCC1CCN(C(=O)Nc2ncc(-c3ccccc3)s2)CC1. The number of thiazole rings is 1. The van der Waals surface area contributed by atoms with Crippen molar-refractivity contribution in [3.8, 4) is 10.4 Å². The maximum Gasteiger partial charge on any atom is 0.404 e. The molecule has 1 aliphatic rings. The van der Waals surface area contributed by atoms with Crippen LogP contribution in [-0.2, 0) is 0 Å². The van der Waals surface area contributed by atoms with Crippen molar-refractivity contribution in [2.75, 3.05) is 25.0 Å². The Hall–Kier alpha value is -2.61. The van der Waals surface area contributed by atoms with Crippen molar-refractivity contribution in [2.45, 2.75) is 12.8 Å². The van der Waals surface area contributed by atoms with Crippen LogP contribution in [-0.4, -0.2) is 46.7 Å². The van der Waals surface area contributed by atoms with Gasteiger partial charge in [0.15, 0.2) is 5.13 Å². The van der Waals surface area contributed by atoms with Crippen LogP contribution in [0.3, 0.4) is 0 Å². The third kappa shape index (κ3) is 4.69. The van der Waals surface area contributed by atoms with Crippen molar-refractivity contribution in [3.63, 3.8) is 0 Å². The third-order valence-corrected chi connectivity index (χ3v) is 5.18. The van der Waals surface area contributed by atoms with Gasteiger partial charge >= 0.3 is 12.1 Å². The molecule has 0 spiro atoms. The minimum atomic E-state index is -1.00. The monoisotopic (exact) mass is 360 g/mol. The van der Waals surface area contributed by atoms with Gasteiger partial charge in [0, 0.05) is 25.8 Å². The van der Waals surface area contributed by atoms with E-state index in [1.807, 2.05) is 30.3 Å². The first-order valence-electron chi connectivity index (χ1n) is 8.16. The highest BCUT2D eigenvalue weighted by molar-refractivity contribution is 7.19. The lowest BCUT2D eigenvalue weighted by molar-refractivity contribution is 0.173. The Morgan fingerprint density at radius 2 is 1.96 bits per heavy atom. The van der Waals surface area contributed by atoms with Crippen LogP contribution in [0, 0.1) is 5.92 Å². The van der Waals surface area contributed by atoms with Crippen molar-refractivity contribution in [1.29, 1.82) is 0 Å². The van der Waals surface area contributed by atoms with E-state index >= 15 is 0 Å². The topological polar surface area (TPSA) is 94.6 Å². The summed E-state index contributed by atoms with van der Waals surface area (Å²) >= 11 is 1.45. The van der Waals surface area contributed by atoms with Crippen LogP contribution in [0.5, 0.6) is 0 Å². The Bertz CT molecular complexity index is 727. The largest absolute Gasteiger partial charge is 0.465 e. The van der Waals surface area contributed by atoms with Crippen molar-refractivity contribution in [3.05, 3.63) is 36.5 Å². The molecule has 0 saturated carbocycles. The fourth-order valence-corrected chi connectivity index (χ4v) is 3.62. The minimum Gasteiger partial charge on any atom is -0.465 e. The predicted octanol–water partition coefficient (Wildman–Crippen LogP) is 3.32. The normalized spacial score (nSPS) is 15.0. The molecule has 0 aliphatic carbocycles. The first kappa shape index (κ1) is 17.2. The highest BCUT2D eigenvalue weighted by atomic mass is 32.1. The van der Waals surface area contributed by atoms with Gasteiger partial charge in [-0.25, -0.2) is 14.6 Å². The molecule has 1 aromatic heterocycles. The van der Waals surface area contributed by atoms with Crippen LogP contribution in [0.1, 0.15) is 12.8 Å². The van der Waals surface area contributed by atoms with Crippen LogP contribution in [0.25, 0.3) is 10.4 Å². The number of urea groups is 1. The van der Waals surface area contributed by atoms with Crippen molar-refractivity contribution < 1.29 is 14.7 Å². The first-order chi connectivity index (χ1) is 12.1. The molecular formula is C17H20N4O3S. The van der Waals surface area contributed by atoms with Crippen LogP contribution in [0.4, 0.5) is 14.7 Å². The molecular weight excluding hydrogens is 340 g/mol. The second-order valence-electron chi connectivity index (χ2n) is 5.94. The Morgan fingerprint density at radius 3 is 2.64 bits per heavy atom. The molecule has 3 rings (SSSR count). The molecule has 0 radical (unpaired) electrons. The van der Waals surface area contributed by atoms with Crippen molar-refractivity contribution >= 4 is 28.6 Å². The first-order valence-corrected chi connectivity index (χ1v) is 8.97. The summed E-state index contributed by atoms with van der Waals surface area (Å²) in [7, 11) is 0. The van der Waals surface area contributed by atoms with E-state index in [4.69, 9.17) is 5.11 Å². The molecule has 2 aromatic rings. The van der Waals surface area contributed by atoms with Crippen LogP contribution in [0.15, 0.2) is 36.5 Å². The number of benzene rings is 1. The van der Waals surface area contributed by atoms with E-state index in [1.54, 1.807) is 11.1 Å². The summed E-state index contributed by atoms with van der Waals surface area (Å²) in [5.74, 6) is 0.282. The summed E-state index contributed by atoms with van der Waals surface area (Å²) in [5.41, 5.74) is 1.08. The van der Waals surface area contributed by atoms with E-state index in [1.165, 1.54) is 11.3 Å².